The predicted molar refractivity (Wildman–Crippen MR) is 55.1 cm³/mol. The minimum atomic E-state index is -4.40. The first-order valence-corrected chi connectivity index (χ1v) is 4.83. The van der Waals surface area contributed by atoms with Gasteiger partial charge in [0.2, 0.25) is 5.91 Å². The maximum atomic E-state index is 11.9. The van der Waals surface area contributed by atoms with Crippen LogP contribution in [0, 0.1) is 0 Å². The molecule has 0 aliphatic carbocycles. The second-order valence-electron chi connectivity index (χ2n) is 3.43. The van der Waals surface area contributed by atoms with Gasteiger partial charge in [-0.3, -0.25) is 9.78 Å². The van der Waals surface area contributed by atoms with Gasteiger partial charge in [-0.15, -0.1) is 0 Å². The summed E-state index contributed by atoms with van der Waals surface area (Å²) in [5.74, 6) is -2.09. The number of aromatic carboxylic acids is 1. The van der Waals surface area contributed by atoms with Gasteiger partial charge in [0, 0.05) is 12.6 Å². The van der Waals surface area contributed by atoms with E-state index in [2.05, 4.69) is 10.3 Å². The second-order valence-corrected chi connectivity index (χ2v) is 3.43. The van der Waals surface area contributed by atoms with Crippen molar-refractivity contribution in [2.45, 2.75) is 19.0 Å². The first-order chi connectivity index (χ1) is 8.28. The number of carbonyl (C=O) groups excluding carboxylic acids is 1. The highest BCUT2D eigenvalue weighted by Gasteiger charge is 2.27. The fourth-order valence-electron chi connectivity index (χ4n) is 1.10. The summed E-state index contributed by atoms with van der Waals surface area (Å²) in [7, 11) is 0. The third kappa shape index (κ3) is 4.81. The van der Waals surface area contributed by atoms with Crippen molar-refractivity contribution in [2.24, 2.45) is 0 Å². The number of anilines is 1. The number of carboxylic acids is 1. The molecule has 5 nitrogen and oxygen atoms in total. The molecular weight excluding hydrogens is 253 g/mol. The molecule has 1 aromatic heterocycles. The van der Waals surface area contributed by atoms with Gasteiger partial charge in [0.05, 0.1) is 23.9 Å². The maximum Gasteiger partial charge on any atom is 0.389 e. The Morgan fingerprint density at radius 2 is 2.00 bits per heavy atom. The molecule has 0 spiro atoms. The number of carboxylic acid groups (broad SMARTS) is 1. The fourth-order valence-corrected chi connectivity index (χ4v) is 1.10. The van der Waals surface area contributed by atoms with E-state index in [-0.39, 0.29) is 11.3 Å². The Morgan fingerprint density at radius 1 is 1.33 bits per heavy atom. The minimum Gasteiger partial charge on any atom is -0.478 e. The van der Waals surface area contributed by atoms with Gasteiger partial charge in [-0.05, 0) is 6.07 Å². The van der Waals surface area contributed by atoms with E-state index >= 15 is 0 Å². The van der Waals surface area contributed by atoms with Gasteiger partial charge in [-0.2, -0.15) is 13.2 Å². The van der Waals surface area contributed by atoms with Crippen LogP contribution in [0.3, 0.4) is 0 Å². The SMILES string of the molecule is O=C(CCC(F)(F)F)Nc1cncc(C(=O)O)c1. The number of halogens is 3. The monoisotopic (exact) mass is 262 g/mol. The second kappa shape index (κ2) is 5.48. The molecule has 8 heteroatoms. The van der Waals surface area contributed by atoms with Crippen molar-refractivity contribution < 1.29 is 27.9 Å². The van der Waals surface area contributed by atoms with Gasteiger partial charge in [0.25, 0.3) is 0 Å². The minimum absolute atomic E-state index is 0.0436. The summed E-state index contributed by atoms with van der Waals surface area (Å²) in [5.41, 5.74) is -0.120. The number of alkyl halides is 3. The molecule has 0 radical (unpaired) electrons. The third-order valence-corrected chi connectivity index (χ3v) is 1.90. The van der Waals surface area contributed by atoms with E-state index in [0.717, 1.165) is 18.5 Å². The predicted octanol–water partition coefficient (Wildman–Crippen LogP) is 2.06. The van der Waals surface area contributed by atoms with E-state index in [0.29, 0.717) is 0 Å². The van der Waals surface area contributed by atoms with E-state index in [4.69, 9.17) is 5.11 Å². The molecule has 1 heterocycles. The molecule has 98 valence electrons. The van der Waals surface area contributed by atoms with Crippen LogP contribution in [0.1, 0.15) is 23.2 Å². The molecule has 1 aromatic rings. The number of pyridine rings is 1. The molecule has 0 saturated heterocycles. The Hall–Kier alpha value is -2.12. The van der Waals surface area contributed by atoms with Crippen molar-refractivity contribution in [3.63, 3.8) is 0 Å². The van der Waals surface area contributed by atoms with Crippen LogP contribution in [0.5, 0.6) is 0 Å². The molecule has 0 atom stereocenters. The quantitative estimate of drug-likeness (QED) is 0.870. The molecule has 2 N–H and O–H groups in total. The number of hydrogen-bond donors (Lipinski definition) is 2. The standard InChI is InChI=1S/C10H9F3N2O3/c11-10(12,13)2-1-8(16)15-7-3-6(9(17)18)4-14-5-7/h3-5H,1-2H2,(H,15,16)(H,17,18). The van der Waals surface area contributed by atoms with Crippen molar-refractivity contribution in [1.82, 2.24) is 4.98 Å². The number of hydrogen-bond acceptors (Lipinski definition) is 3. The summed E-state index contributed by atoms with van der Waals surface area (Å²) in [6.45, 7) is 0. The highest BCUT2D eigenvalue weighted by molar-refractivity contribution is 5.93. The van der Waals surface area contributed by atoms with Gasteiger partial charge in [-0.25, -0.2) is 4.79 Å². The molecule has 18 heavy (non-hydrogen) atoms. The molecule has 0 saturated carbocycles. The number of aromatic nitrogens is 1. The van der Waals surface area contributed by atoms with Crippen LogP contribution >= 0.6 is 0 Å². The summed E-state index contributed by atoms with van der Waals surface area (Å²) in [6, 6.07) is 1.11. The Kier molecular flexibility index (Phi) is 4.24. The Morgan fingerprint density at radius 3 is 2.56 bits per heavy atom. The summed E-state index contributed by atoms with van der Waals surface area (Å²) in [6.07, 6.45) is -4.14. The van der Waals surface area contributed by atoms with Gasteiger partial charge in [0.1, 0.15) is 0 Å². The van der Waals surface area contributed by atoms with Crippen molar-refractivity contribution in [2.75, 3.05) is 5.32 Å². The number of rotatable bonds is 4. The van der Waals surface area contributed by atoms with E-state index in [9.17, 15) is 22.8 Å². The summed E-state index contributed by atoms with van der Waals surface area (Å²) in [5, 5.41) is 10.8. The largest absolute Gasteiger partial charge is 0.478 e. The molecule has 0 unspecified atom stereocenters. The molecule has 1 rings (SSSR count). The zero-order valence-electron chi connectivity index (χ0n) is 8.99. The van der Waals surface area contributed by atoms with Crippen molar-refractivity contribution in [3.8, 4) is 0 Å². The number of carbonyl (C=O) groups is 2. The Labute approximate surface area is 99.6 Å². The Bertz CT molecular complexity index is 460. The zero-order valence-corrected chi connectivity index (χ0v) is 8.99. The summed E-state index contributed by atoms with van der Waals surface area (Å²) in [4.78, 5) is 25.3. The zero-order chi connectivity index (χ0) is 13.8. The first kappa shape index (κ1) is 13.9. The van der Waals surface area contributed by atoms with Gasteiger partial charge >= 0.3 is 12.1 Å². The van der Waals surface area contributed by atoms with Crippen LogP contribution in [0.15, 0.2) is 18.5 Å². The van der Waals surface area contributed by atoms with Crippen LogP contribution in [0.2, 0.25) is 0 Å². The number of nitrogens with zero attached hydrogens (tertiary/aromatic N) is 1. The highest BCUT2D eigenvalue weighted by atomic mass is 19.4. The summed E-state index contributed by atoms with van der Waals surface area (Å²) < 4.78 is 35.6. The van der Waals surface area contributed by atoms with Crippen LogP contribution in [0.25, 0.3) is 0 Å². The van der Waals surface area contributed by atoms with E-state index in [1.54, 1.807) is 0 Å². The van der Waals surface area contributed by atoms with Crippen LogP contribution < -0.4 is 5.32 Å². The molecule has 0 aromatic carbocycles. The van der Waals surface area contributed by atoms with Gasteiger partial charge in [-0.1, -0.05) is 0 Å². The highest BCUT2D eigenvalue weighted by Crippen LogP contribution is 2.21. The third-order valence-electron chi connectivity index (χ3n) is 1.90. The lowest BCUT2D eigenvalue weighted by molar-refractivity contribution is -0.142. The van der Waals surface area contributed by atoms with Crippen molar-refractivity contribution in [1.29, 1.82) is 0 Å². The molecular formula is C10H9F3N2O3. The van der Waals surface area contributed by atoms with E-state index in [1.165, 1.54) is 0 Å². The number of amides is 1. The van der Waals surface area contributed by atoms with E-state index in [1.807, 2.05) is 0 Å². The molecule has 0 aliphatic rings. The van der Waals surface area contributed by atoms with Crippen molar-refractivity contribution in [3.05, 3.63) is 24.0 Å². The fraction of sp³-hybridized carbons (Fsp3) is 0.300. The molecule has 0 bridgehead atoms. The topological polar surface area (TPSA) is 79.3 Å². The number of nitrogens with one attached hydrogen (secondary N) is 1. The summed E-state index contributed by atoms with van der Waals surface area (Å²) >= 11 is 0. The van der Waals surface area contributed by atoms with Crippen LogP contribution in [-0.2, 0) is 4.79 Å². The van der Waals surface area contributed by atoms with Crippen LogP contribution in [-0.4, -0.2) is 28.1 Å². The average Bonchev–Trinajstić information content (AvgIpc) is 2.26. The lowest BCUT2D eigenvalue weighted by atomic mass is 10.2. The molecule has 0 aliphatic heterocycles. The Balaban J connectivity index is 2.59. The molecule has 1 amide bonds. The maximum absolute atomic E-state index is 11.9. The van der Waals surface area contributed by atoms with Crippen LogP contribution in [0.4, 0.5) is 18.9 Å². The van der Waals surface area contributed by atoms with Gasteiger partial charge < -0.3 is 10.4 Å². The van der Waals surface area contributed by atoms with E-state index < -0.39 is 30.9 Å². The van der Waals surface area contributed by atoms with Crippen molar-refractivity contribution >= 4 is 17.6 Å². The first-order valence-electron chi connectivity index (χ1n) is 4.83. The van der Waals surface area contributed by atoms with Gasteiger partial charge in [0.15, 0.2) is 0 Å². The lowest BCUT2D eigenvalue weighted by Gasteiger charge is -2.07. The molecule has 0 fully saturated rings. The lowest BCUT2D eigenvalue weighted by Crippen LogP contribution is -2.16. The normalized spacial score (nSPS) is 11.1. The smallest absolute Gasteiger partial charge is 0.389 e. The average molecular weight is 262 g/mol.